The van der Waals surface area contributed by atoms with Crippen LogP contribution in [0.1, 0.15) is 29.9 Å². The van der Waals surface area contributed by atoms with Gasteiger partial charge < -0.3 is 4.74 Å². The summed E-state index contributed by atoms with van der Waals surface area (Å²) in [6.45, 7) is 2.70. The van der Waals surface area contributed by atoms with E-state index in [4.69, 9.17) is 4.74 Å². The molecule has 0 aromatic heterocycles. The molecule has 0 radical (unpaired) electrons. The maximum atomic E-state index is 9.24. The van der Waals surface area contributed by atoms with Gasteiger partial charge in [-0.3, -0.25) is 0 Å². The fourth-order valence-electron chi connectivity index (χ4n) is 2.10. The summed E-state index contributed by atoms with van der Waals surface area (Å²) < 4.78 is 5.68. The Hall–Kier alpha value is -2.27. The molecule has 0 aliphatic rings. The summed E-state index contributed by atoms with van der Waals surface area (Å²) in [5.74, 6) is 0.849. The van der Waals surface area contributed by atoms with E-state index in [2.05, 4.69) is 13.0 Å². The van der Waals surface area contributed by atoms with Crippen molar-refractivity contribution in [3.8, 4) is 11.8 Å². The van der Waals surface area contributed by atoms with Gasteiger partial charge in [0.1, 0.15) is 5.75 Å². The van der Waals surface area contributed by atoms with E-state index >= 15 is 0 Å². The molecule has 102 valence electrons. The van der Waals surface area contributed by atoms with Crippen LogP contribution in [-0.4, -0.2) is 6.61 Å². The van der Waals surface area contributed by atoms with E-state index in [1.165, 1.54) is 5.56 Å². The predicted molar refractivity (Wildman–Crippen MR) is 80.7 cm³/mol. The first-order valence-electron chi connectivity index (χ1n) is 6.93. The van der Waals surface area contributed by atoms with Gasteiger partial charge in [-0.05, 0) is 37.5 Å². The number of aryl methyl sites for hydroxylation is 1. The van der Waals surface area contributed by atoms with Gasteiger partial charge in [-0.15, -0.1) is 0 Å². The summed E-state index contributed by atoms with van der Waals surface area (Å²) in [6.07, 6.45) is 1.70. The van der Waals surface area contributed by atoms with Crippen LogP contribution in [0, 0.1) is 18.3 Å². The summed E-state index contributed by atoms with van der Waals surface area (Å²) in [4.78, 5) is 0. The van der Waals surface area contributed by atoms with E-state index in [0.717, 1.165) is 24.2 Å². The van der Waals surface area contributed by atoms with Crippen molar-refractivity contribution in [3.63, 3.8) is 0 Å². The molecule has 0 bridgehead atoms. The van der Waals surface area contributed by atoms with Gasteiger partial charge in [0, 0.05) is 0 Å². The van der Waals surface area contributed by atoms with Crippen LogP contribution in [0.2, 0.25) is 0 Å². The van der Waals surface area contributed by atoms with Crippen molar-refractivity contribution < 1.29 is 4.74 Å². The topological polar surface area (TPSA) is 33.0 Å². The maximum Gasteiger partial charge on any atom is 0.119 e. The van der Waals surface area contributed by atoms with Gasteiger partial charge in [-0.2, -0.15) is 5.26 Å². The van der Waals surface area contributed by atoms with Gasteiger partial charge in [-0.1, -0.05) is 48.0 Å². The van der Waals surface area contributed by atoms with Crippen LogP contribution in [0.25, 0.3) is 0 Å². The Labute approximate surface area is 120 Å². The molecule has 0 aliphatic heterocycles. The number of benzene rings is 2. The lowest BCUT2D eigenvalue weighted by molar-refractivity contribution is 0.305. The van der Waals surface area contributed by atoms with Crippen molar-refractivity contribution in [2.24, 2.45) is 0 Å². The Balaban J connectivity index is 1.78. The highest BCUT2D eigenvalue weighted by Gasteiger charge is 2.09. The molecule has 0 spiro atoms. The molecule has 0 aliphatic carbocycles. The summed E-state index contributed by atoms with van der Waals surface area (Å²) >= 11 is 0. The number of ether oxygens (including phenoxy) is 1. The van der Waals surface area contributed by atoms with E-state index in [-0.39, 0.29) is 5.92 Å². The zero-order valence-electron chi connectivity index (χ0n) is 11.8. The average Bonchev–Trinajstić information content (AvgIpc) is 2.50. The molecule has 2 heteroatoms. The Morgan fingerprint density at radius 3 is 2.40 bits per heavy atom. The lowest BCUT2D eigenvalue weighted by atomic mass is 9.96. The standard InChI is InChI=1S/C18H19NO/c1-15-9-11-18(12-10-15)20-13-5-8-17(14-19)16-6-3-2-4-7-16/h2-4,6-7,9-12,17H,5,8,13H2,1H3. The average molecular weight is 265 g/mol. The first-order chi connectivity index (χ1) is 9.79. The number of rotatable bonds is 6. The van der Waals surface area contributed by atoms with E-state index in [1.54, 1.807) is 0 Å². The fourth-order valence-corrected chi connectivity index (χ4v) is 2.10. The van der Waals surface area contributed by atoms with Crippen LogP contribution in [0.15, 0.2) is 54.6 Å². The number of nitrogens with zero attached hydrogens (tertiary/aromatic N) is 1. The van der Waals surface area contributed by atoms with Crippen molar-refractivity contribution in [1.82, 2.24) is 0 Å². The smallest absolute Gasteiger partial charge is 0.119 e. The number of hydrogen-bond acceptors (Lipinski definition) is 2. The van der Waals surface area contributed by atoms with E-state index in [1.807, 2.05) is 54.6 Å². The van der Waals surface area contributed by atoms with Crippen molar-refractivity contribution >= 4 is 0 Å². The zero-order valence-corrected chi connectivity index (χ0v) is 11.8. The Morgan fingerprint density at radius 1 is 1.05 bits per heavy atom. The molecule has 0 saturated heterocycles. The lowest BCUT2D eigenvalue weighted by Gasteiger charge is -2.10. The third-order valence-corrected chi connectivity index (χ3v) is 3.28. The highest BCUT2D eigenvalue weighted by atomic mass is 16.5. The minimum atomic E-state index is -0.0437. The predicted octanol–water partition coefficient (Wildman–Crippen LogP) is 4.46. The molecule has 2 rings (SSSR count). The molecule has 20 heavy (non-hydrogen) atoms. The van der Waals surface area contributed by atoms with E-state index < -0.39 is 0 Å². The third-order valence-electron chi connectivity index (χ3n) is 3.28. The van der Waals surface area contributed by atoms with Gasteiger partial charge in [0.05, 0.1) is 18.6 Å². The molecular weight excluding hydrogens is 246 g/mol. The van der Waals surface area contributed by atoms with Crippen molar-refractivity contribution in [3.05, 3.63) is 65.7 Å². The first-order valence-corrected chi connectivity index (χ1v) is 6.93. The maximum absolute atomic E-state index is 9.24. The summed E-state index contributed by atoms with van der Waals surface area (Å²) in [5.41, 5.74) is 2.32. The van der Waals surface area contributed by atoms with Gasteiger partial charge in [0.25, 0.3) is 0 Å². The minimum absolute atomic E-state index is 0.0437. The molecule has 0 heterocycles. The monoisotopic (exact) mass is 265 g/mol. The summed E-state index contributed by atoms with van der Waals surface area (Å²) in [7, 11) is 0. The van der Waals surface area contributed by atoms with Crippen molar-refractivity contribution in [2.45, 2.75) is 25.7 Å². The number of nitriles is 1. The molecule has 2 nitrogen and oxygen atoms in total. The van der Waals surface area contributed by atoms with E-state index in [0.29, 0.717) is 6.61 Å². The molecule has 0 N–H and O–H groups in total. The van der Waals surface area contributed by atoms with Crippen LogP contribution in [0.4, 0.5) is 0 Å². The second-order valence-corrected chi connectivity index (χ2v) is 4.90. The van der Waals surface area contributed by atoms with Crippen molar-refractivity contribution in [1.29, 1.82) is 5.26 Å². The zero-order chi connectivity index (χ0) is 14.2. The second kappa shape index (κ2) is 7.35. The SMILES string of the molecule is Cc1ccc(OCCCC(C#N)c2ccccc2)cc1. The van der Waals surface area contributed by atoms with Gasteiger partial charge >= 0.3 is 0 Å². The lowest BCUT2D eigenvalue weighted by Crippen LogP contribution is -2.02. The highest BCUT2D eigenvalue weighted by molar-refractivity contribution is 5.26. The Morgan fingerprint density at radius 2 is 1.75 bits per heavy atom. The molecule has 0 fully saturated rings. The molecule has 1 atom stereocenters. The van der Waals surface area contributed by atoms with Crippen molar-refractivity contribution in [2.75, 3.05) is 6.61 Å². The fraction of sp³-hybridized carbons (Fsp3) is 0.278. The highest BCUT2D eigenvalue weighted by Crippen LogP contribution is 2.20. The number of hydrogen-bond donors (Lipinski definition) is 0. The Kier molecular flexibility index (Phi) is 5.20. The first kappa shape index (κ1) is 14.1. The van der Waals surface area contributed by atoms with Crippen LogP contribution < -0.4 is 4.74 Å². The second-order valence-electron chi connectivity index (χ2n) is 4.90. The Bertz CT molecular complexity index is 554. The molecule has 2 aromatic rings. The third kappa shape index (κ3) is 4.13. The molecule has 2 aromatic carbocycles. The summed E-state index contributed by atoms with van der Waals surface area (Å²) in [6, 6.07) is 20.3. The largest absolute Gasteiger partial charge is 0.494 e. The van der Waals surface area contributed by atoms with Gasteiger partial charge in [0.2, 0.25) is 0 Å². The van der Waals surface area contributed by atoms with Crippen LogP contribution in [-0.2, 0) is 0 Å². The summed E-state index contributed by atoms with van der Waals surface area (Å²) in [5, 5.41) is 9.24. The van der Waals surface area contributed by atoms with E-state index in [9.17, 15) is 5.26 Å². The normalized spacial score (nSPS) is 11.6. The minimum Gasteiger partial charge on any atom is -0.494 e. The molecule has 0 amide bonds. The molecular formula is C18H19NO. The quantitative estimate of drug-likeness (QED) is 0.722. The van der Waals surface area contributed by atoms with Crippen LogP contribution in [0.3, 0.4) is 0 Å². The van der Waals surface area contributed by atoms with Gasteiger partial charge in [-0.25, -0.2) is 0 Å². The van der Waals surface area contributed by atoms with Crippen LogP contribution in [0.5, 0.6) is 5.75 Å². The molecule has 1 unspecified atom stereocenters. The molecule has 0 saturated carbocycles. The van der Waals surface area contributed by atoms with Gasteiger partial charge in [0.15, 0.2) is 0 Å². The van der Waals surface area contributed by atoms with Crippen LogP contribution >= 0.6 is 0 Å².